The molecule has 0 aliphatic heterocycles. The number of anilines is 1. The van der Waals surface area contributed by atoms with Gasteiger partial charge in [0.2, 0.25) is 0 Å². The van der Waals surface area contributed by atoms with E-state index in [0.717, 1.165) is 39.1 Å². The van der Waals surface area contributed by atoms with E-state index in [4.69, 9.17) is 4.98 Å². The third-order valence-electron chi connectivity index (χ3n) is 4.59. The molecule has 0 saturated carbocycles. The van der Waals surface area contributed by atoms with E-state index in [1.54, 1.807) is 0 Å². The molecule has 0 fully saturated rings. The number of urea groups is 1. The van der Waals surface area contributed by atoms with Gasteiger partial charge in [0, 0.05) is 35.1 Å². The van der Waals surface area contributed by atoms with Crippen LogP contribution >= 0.6 is 0 Å². The number of carbonyl (C=O) groups is 1. The van der Waals surface area contributed by atoms with Crippen LogP contribution < -0.4 is 16.2 Å². The highest BCUT2D eigenvalue weighted by atomic mass is 16.2. The number of hydrazine groups is 1. The Kier molecular flexibility index (Phi) is 5.45. The van der Waals surface area contributed by atoms with Crippen molar-refractivity contribution in [2.24, 2.45) is 0 Å². The van der Waals surface area contributed by atoms with Gasteiger partial charge in [-0.2, -0.15) is 0 Å². The van der Waals surface area contributed by atoms with Gasteiger partial charge in [0.1, 0.15) is 0 Å². The summed E-state index contributed by atoms with van der Waals surface area (Å²) < 4.78 is 0. The zero-order chi connectivity index (χ0) is 20.1. The smallest absolute Gasteiger partial charge is 0.307 e. The van der Waals surface area contributed by atoms with Gasteiger partial charge in [-0.15, -0.1) is 0 Å². The first kappa shape index (κ1) is 18.6. The number of nitrogens with one attached hydrogen (secondary N) is 3. The quantitative estimate of drug-likeness (QED) is 0.446. The second-order valence-electron chi connectivity index (χ2n) is 6.66. The van der Waals surface area contributed by atoms with Gasteiger partial charge in [-0.05, 0) is 42.8 Å². The number of para-hydroxylation sites is 2. The number of benzene rings is 2. The summed E-state index contributed by atoms with van der Waals surface area (Å²) in [6.07, 6.45) is 1.84. The number of carbonyl (C=O) groups excluding carboxylic acids is 1. The SMILES string of the molecule is Cc1nc(-c2cnc3ccccc3c2)ccc1CNNC(=O)Nc1ccccc1. The molecule has 2 amide bonds. The summed E-state index contributed by atoms with van der Waals surface area (Å²) in [5.74, 6) is 0. The molecule has 6 nitrogen and oxygen atoms in total. The van der Waals surface area contributed by atoms with Crippen LogP contribution in [-0.2, 0) is 6.54 Å². The molecule has 0 aliphatic rings. The Bertz CT molecular complexity index is 1140. The predicted molar refractivity (Wildman–Crippen MR) is 115 cm³/mol. The lowest BCUT2D eigenvalue weighted by Crippen LogP contribution is -2.40. The number of rotatable bonds is 5. The summed E-state index contributed by atoms with van der Waals surface area (Å²) in [5, 5.41) is 3.84. The number of aryl methyl sites for hydroxylation is 1. The Labute approximate surface area is 169 Å². The first-order chi connectivity index (χ1) is 14.2. The third kappa shape index (κ3) is 4.56. The lowest BCUT2D eigenvalue weighted by atomic mass is 10.1. The molecule has 2 aromatic heterocycles. The van der Waals surface area contributed by atoms with Gasteiger partial charge in [-0.3, -0.25) is 15.4 Å². The minimum Gasteiger partial charge on any atom is -0.307 e. The monoisotopic (exact) mass is 383 g/mol. The van der Waals surface area contributed by atoms with Gasteiger partial charge in [0.15, 0.2) is 0 Å². The van der Waals surface area contributed by atoms with Crippen LogP contribution in [0.5, 0.6) is 0 Å². The molecule has 0 saturated heterocycles. The number of aromatic nitrogens is 2. The van der Waals surface area contributed by atoms with Crippen molar-refractivity contribution in [3.05, 3.63) is 90.3 Å². The average molecular weight is 383 g/mol. The summed E-state index contributed by atoms with van der Waals surface area (Å²) in [6, 6.07) is 23.1. The fraction of sp³-hybridized carbons (Fsp3) is 0.0870. The molecule has 0 unspecified atom stereocenters. The maximum Gasteiger partial charge on any atom is 0.333 e. The Morgan fingerprint density at radius 2 is 1.76 bits per heavy atom. The summed E-state index contributed by atoms with van der Waals surface area (Å²) in [7, 11) is 0. The summed E-state index contributed by atoms with van der Waals surface area (Å²) in [4.78, 5) is 21.1. The van der Waals surface area contributed by atoms with Crippen molar-refractivity contribution in [1.82, 2.24) is 20.8 Å². The predicted octanol–water partition coefficient (Wildman–Crippen LogP) is 4.43. The third-order valence-corrected chi connectivity index (χ3v) is 4.59. The number of pyridine rings is 2. The van der Waals surface area contributed by atoms with E-state index >= 15 is 0 Å². The van der Waals surface area contributed by atoms with Crippen LogP contribution in [0.2, 0.25) is 0 Å². The molecule has 4 aromatic rings. The Morgan fingerprint density at radius 1 is 0.966 bits per heavy atom. The summed E-state index contributed by atoms with van der Waals surface area (Å²) in [5.41, 5.74) is 11.0. The fourth-order valence-corrected chi connectivity index (χ4v) is 3.05. The molecule has 3 N–H and O–H groups in total. The van der Waals surface area contributed by atoms with Gasteiger partial charge in [0.25, 0.3) is 0 Å². The van der Waals surface area contributed by atoms with Gasteiger partial charge in [0.05, 0.1) is 11.2 Å². The molecule has 144 valence electrons. The lowest BCUT2D eigenvalue weighted by Gasteiger charge is -2.11. The molecule has 29 heavy (non-hydrogen) atoms. The number of nitrogens with zero attached hydrogens (tertiary/aromatic N) is 2. The average Bonchev–Trinajstić information content (AvgIpc) is 2.75. The van der Waals surface area contributed by atoms with Crippen molar-refractivity contribution in [3.63, 3.8) is 0 Å². The molecule has 0 radical (unpaired) electrons. The first-order valence-corrected chi connectivity index (χ1v) is 9.35. The van der Waals surface area contributed by atoms with Crippen LogP contribution in [0, 0.1) is 6.92 Å². The van der Waals surface area contributed by atoms with Gasteiger partial charge in [-0.1, -0.05) is 42.5 Å². The van der Waals surface area contributed by atoms with E-state index in [-0.39, 0.29) is 6.03 Å². The van der Waals surface area contributed by atoms with Crippen molar-refractivity contribution in [1.29, 1.82) is 0 Å². The number of amides is 2. The molecule has 0 spiro atoms. The summed E-state index contributed by atoms with van der Waals surface area (Å²) >= 11 is 0. The number of hydrogen-bond donors (Lipinski definition) is 3. The Hall–Kier alpha value is -3.77. The molecular formula is C23H21N5O. The van der Waals surface area contributed by atoms with Crippen molar-refractivity contribution < 1.29 is 4.79 Å². The number of fused-ring (bicyclic) bond motifs is 1. The normalized spacial score (nSPS) is 10.7. The van der Waals surface area contributed by atoms with Crippen molar-refractivity contribution in [2.75, 3.05) is 5.32 Å². The van der Waals surface area contributed by atoms with Crippen LogP contribution in [-0.4, -0.2) is 16.0 Å². The fourth-order valence-electron chi connectivity index (χ4n) is 3.05. The van der Waals surface area contributed by atoms with E-state index in [1.165, 1.54) is 0 Å². The van der Waals surface area contributed by atoms with Crippen molar-refractivity contribution >= 4 is 22.6 Å². The van der Waals surface area contributed by atoms with Gasteiger partial charge in [-0.25, -0.2) is 10.2 Å². The largest absolute Gasteiger partial charge is 0.333 e. The van der Waals surface area contributed by atoms with Crippen LogP contribution in [0.1, 0.15) is 11.3 Å². The molecule has 6 heteroatoms. The molecule has 2 aromatic carbocycles. The van der Waals surface area contributed by atoms with Gasteiger partial charge < -0.3 is 5.32 Å². The van der Waals surface area contributed by atoms with E-state index < -0.39 is 0 Å². The van der Waals surface area contributed by atoms with E-state index in [2.05, 4.69) is 27.2 Å². The molecule has 0 aliphatic carbocycles. The van der Waals surface area contributed by atoms with Crippen molar-refractivity contribution in [2.45, 2.75) is 13.5 Å². The molecular weight excluding hydrogens is 362 g/mol. The summed E-state index contributed by atoms with van der Waals surface area (Å²) in [6.45, 7) is 2.43. The van der Waals surface area contributed by atoms with Crippen LogP contribution in [0.15, 0.2) is 79.0 Å². The molecule has 0 atom stereocenters. The molecule has 2 heterocycles. The highest BCUT2D eigenvalue weighted by Crippen LogP contribution is 2.22. The molecule has 4 rings (SSSR count). The Balaban J connectivity index is 1.38. The Morgan fingerprint density at radius 3 is 2.59 bits per heavy atom. The maximum absolute atomic E-state index is 11.9. The van der Waals surface area contributed by atoms with Crippen LogP contribution in [0.3, 0.4) is 0 Å². The second kappa shape index (κ2) is 8.50. The topological polar surface area (TPSA) is 78.9 Å². The minimum absolute atomic E-state index is 0.319. The minimum atomic E-state index is -0.319. The second-order valence-corrected chi connectivity index (χ2v) is 6.66. The maximum atomic E-state index is 11.9. The van der Waals surface area contributed by atoms with E-state index in [0.29, 0.717) is 6.54 Å². The zero-order valence-corrected chi connectivity index (χ0v) is 16.0. The number of hydrogen-bond acceptors (Lipinski definition) is 4. The first-order valence-electron chi connectivity index (χ1n) is 9.35. The van der Waals surface area contributed by atoms with Crippen molar-refractivity contribution in [3.8, 4) is 11.3 Å². The standard InChI is InChI=1S/C23H21N5O/c1-16-18(15-25-28-23(29)27-20-8-3-2-4-9-20)11-12-22(26-16)19-13-17-7-5-6-10-21(17)24-14-19/h2-14,25H,15H2,1H3,(H2,27,28,29). The van der Waals surface area contributed by atoms with E-state index in [1.807, 2.05) is 79.9 Å². The highest BCUT2D eigenvalue weighted by molar-refractivity contribution is 5.88. The highest BCUT2D eigenvalue weighted by Gasteiger charge is 2.07. The molecule has 0 bridgehead atoms. The van der Waals surface area contributed by atoms with E-state index in [9.17, 15) is 4.79 Å². The van der Waals surface area contributed by atoms with Crippen LogP contribution in [0.4, 0.5) is 10.5 Å². The van der Waals surface area contributed by atoms with Crippen LogP contribution in [0.25, 0.3) is 22.2 Å². The lowest BCUT2D eigenvalue weighted by molar-refractivity contribution is 0.247. The zero-order valence-electron chi connectivity index (χ0n) is 16.0. The van der Waals surface area contributed by atoms with Gasteiger partial charge >= 0.3 is 6.03 Å².